The highest BCUT2D eigenvalue weighted by Gasteiger charge is 2.23. The van der Waals surface area contributed by atoms with Crippen molar-refractivity contribution in [2.45, 2.75) is 26.4 Å². The summed E-state index contributed by atoms with van der Waals surface area (Å²) in [5, 5.41) is 13.6. The van der Waals surface area contributed by atoms with Gasteiger partial charge in [-0.25, -0.2) is 9.78 Å². The van der Waals surface area contributed by atoms with Gasteiger partial charge in [0.05, 0.1) is 16.2 Å². The molecule has 0 aliphatic carbocycles. The number of rotatable bonds is 6. The molecule has 1 atom stereocenters. The maximum atomic E-state index is 12.4. The van der Waals surface area contributed by atoms with Crippen molar-refractivity contribution in [3.05, 3.63) is 62.9 Å². The van der Waals surface area contributed by atoms with Gasteiger partial charge in [-0.2, -0.15) is 0 Å². The number of hydrogen-bond donors (Lipinski definition) is 1. The Balaban J connectivity index is 2.13. The lowest BCUT2D eigenvalue weighted by Crippen LogP contribution is -2.32. The average molecular weight is 378 g/mol. The summed E-state index contributed by atoms with van der Waals surface area (Å²) in [5.41, 5.74) is 0.946. The number of non-ortho nitro benzene ring substituents is 1. The lowest BCUT2D eigenvalue weighted by atomic mass is 10.1. The van der Waals surface area contributed by atoms with Gasteiger partial charge in [-0.15, -0.1) is 0 Å². The average Bonchev–Trinajstić information content (AvgIpc) is 2.60. The zero-order valence-corrected chi connectivity index (χ0v) is 14.8. The van der Waals surface area contributed by atoms with Crippen LogP contribution in [-0.2, 0) is 9.53 Å². The monoisotopic (exact) mass is 377 g/mol. The molecule has 1 aromatic heterocycles. The van der Waals surface area contributed by atoms with Crippen LogP contribution in [0.4, 0.5) is 11.4 Å². The van der Waals surface area contributed by atoms with Crippen LogP contribution in [0, 0.1) is 17.0 Å². The summed E-state index contributed by atoms with van der Waals surface area (Å²) in [5.74, 6) is -1.29. The number of aromatic nitrogens is 1. The molecule has 1 amide bonds. The van der Waals surface area contributed by atoms with E-state index < -0.39 is 22.9 Å². The summed E-state index contributed by atoms with van der Waals surface area (Å²) < 4.78 is 5.22. The van der Waals surface area contributed by atoms with Crippen LogP contribution in [0.2, 0.25) is 5.15 Å². The predicted octanol–water partition coefficient (Wildman–Crippen LogP) is 3.53. The molecule has 0 aliphatic heterocycles. The third kappa shape index (κ3) is 4.76. The number of carbonyl (C=O) groups excluding carboxylic acids is 2. The van der Waals surface area contributed by atoms with Gasteiger partial charge in [0.1, 0.15) is 5.15 Å². The number of halogens is 1. The van der Waals surface area contributed by atoms with Crippen molar-refractivity contribution < 1.29 is 19.2 Å². The highest BCUT2D eigenvalue weighted by Crippen LogP contribution is 2.22. The number of pyridine rings is 1. The van der Waals surface area contributed by atoms with E-state index in [9.17, 15) is 19.7 Å². The van der Waals surface area contributed by atoms with E-state index in [1.165, 1.54) is 36.5 Å². The number of hydrogen-bond acceptors (Lipinski definition) is 6. The normalized spacial score (nSPS) is 11.5. The smallest absolute Gasteiger partial charge is 0.339 e. The van der Waals surface area contributed by atoms with Gasteiger partial charge < -0.3 is 10.1 Å². The standard InChI is InChI=1S/C17H16ClN3O5/c1-3-14(26-17(23)11-6-7-19-15(18)8-11)16(22)20-13-9-12(21(24)25)5-4-10(13)2/h4-9,14H,3H2,1-2H3,(H,20,22). The Labute approximate surface area is 154 Å². The van der Waals surface area contributed by atoms with Crippen molar-refractivity contribution in [1.29, 1.82) is 0 Å². The molecule has 0 saturated heterocycles. The fourth-order valence-corrected chi connectivity index (χ4v) is 2.29. The Morgan fingerprint density at radius 1 is 1.35 bits per heavy atom. The topological polar surface area (TPSA) is 111 Å². The molecule has 1 unspecified atom stereocenters. The van der Waals surface area contributed by atoms with Gasteiger partial charge >= 0.3 is 5.97 Å². The highest BCUT2D eigenvalue weighted by atomic mass is 35.5. The van der Waals surface area contributed by atoms with E-state index in [-0.39, 0.29) is 28.5 Å². The molecule has 1 N–H and O–H groups in total. The molecule has 9 heteroatoms. The second kappa shape index (κ2) is 8.39. The van der Waals surface area contributed by atoms with Crippen LogP contribution in [-0.4, -0.2) is 27.9 Å². The predicted molar refractivity (Wildman–Crippen MR) is 95.2 cm³/mol. The molecule has 136 valence electrons. The molecule has 0 radical (unpaired) electrons. The van der Waals surface area contributed by atoms with E-state index in [1.807, 2.05) is 0 Å². The minimum atomic E-state index is -1.06. The quantitative estimate of drug-likeness (QED) is 0.356. The molecule has 0 fully saturated rings. The minimum absolute atomic E-state index is 0.129. The Morgan fingerprint density at radius 2 is 2.08 bits per heavy atom. The van der Waals surface area contributed by atoms with Gasteiger partial charge in [-0.3, -0.25) is 14.9 Å². The molecule has 1 aromatic carbocycles. The fourth-order valence-electron chi connectivity index (χ4n) is 2.12. The van der Waals surface area contributed by atoms with Gasteiger partial charge in [0, 0.05) is 18.3 Å². The lowest BCUT2D eigenvalue weighted by molar-refractivity contribution is -0.384. The van der Waals surface area contributed by atoms with Gasteiger partial charge in [-0.05, 0) is 31.0 Å². The van der Waals surface area contributed by atoms with E-state index in [0.29, 0.717) is 5.56 Å². The number of carbonyl (C=O) groups is 2. The van der Waals surface area contributed by atoms with Crippen LogP contribution in [0.25, 0.3) is 0 Å². The molecule has 2 rings (SSSR count). The lowest BCUT2D eigenvalue weighted by Gasteiger charge is -2.17. The van der Waals surface area contributed by atoms with Crippen LogP contribution < -0.4 is 5.32 Å². The van der Waals surface area contributed by atoms with Crippen molar-refractivity contribution in [2.24, 2.45) is 0 Å². The maximum absolute atomic E-state index is 12.4. The number of nitrogens with zero attached hydrogens (tertiary/aromatic N) is 2. The molecule has 0 saturated carbocycles. The number of nitro groups is 1. The van der Waals surface area contributed by atoms with Gasteiger partial charge in [-0.1, -0.05) is 24.6 Å². The summed E-state index contributed by atoms with van der Waals surface area (Å²) in [4.78, 5) is 38.7. The summed E-state index contributed by atoms with van der Waals surface area (Å²) in [6.45, 7) is 3.38. The highest BCUT2D eigenvalue weighted by molar-refractivity contribution is 6.29. The number of esters is 1. The Morgan fingerprint density at radius 3 is 2.69 bits per heavy atom. The van der Waals surface area contributed by atoms with Crippen molar-refractivity contribution in [2.75, 3.05) is 5.32 Å². The molecule has 0 bridgehead atoms. The summed E-state index contributed by atoms with van der Waals surface area (Å²) in [7, 11) is 0. The van der Waals surface area contributed by atoms with E-state index in [4.69, 9.17) is 16.3 Å². The first kappa shape index (κ1) is 19.3. The number of benzene rings is 1. The third-order valence-corrected chi connectivity index (χ3v) is 3.77. The largest absolute Gasteiger partial charge is 0.449 e. The maximum Gasteiger partial charge on any atom is 0.339 e. The molecule has 1 heterocycles. The van der Waals surface area contributed by atoms with Crippen molar-refractivity contribution >= 4 is 34.9 Å². The van der Waals surface area contributed by atoms with Crippen LogP contribution in [0.5, 0.6) is 0 Å². The van der Waals surface area contributed by atoms with Gasteiger partial charge in [0.25, 0.3) is 11.6 Å². The van der Waals surface area contributed by atoms with E-state index >= 15 is 0 Å². The minimum Gasteiger partial charge on any atom is -0.449 e. The summed E-state index contributed by atoms with van der Waals surface area (Å²) >= 11 is 5.73. The van der Waals surface area contributed by atoms with E-state index in [2.05, 4.69) is 10.3 Å². The van der Waals surface area contributed by atoms with E-state index in [0.717, 1.165) is 0 Å². The van der Waals surface area contributed by atoms with Gasteiger partial charge in [0.2, 0.25) is 0 Å². The number of amides is 1. The van der Waals surface area contributed by atoms with Crippen molar-refractivity contribution in [3.63, 3.8) is 0 Å². The molecular formula is C17H16ClN3O5. The SMILES string of the molecule is CCC(OC(=O)c1ccnc(Cl)c1)C(=O)Nc1cc([N+](=O)[O-])ccc1C. The molecule has 0 aliphatic rings. The van der Waals surface area contributed by atoms with Crippen molar-refractivity contribution in [3.8, 4) is 0 Å². The zero-order chi connectivity index (χ0) is 19.3. The Bertz CT molecular complexity index is 856. The second-order valence-corrected chi connectivity index (χ2v) is 5.80. The number of nitro benzene ring substituents is 1. The fraction of sp³-hybridized carbons (Fsp3) is 0.235. The first-order valence-electron chi connectivity index (χ1n) is 7.70. The number of ether oxygens (including phenoxy) is 1. The van der Waals surface area contributed by atoms with Crippen molar-refractivity contribution in [1.82, 2.24) is 4.98 Å². The first-order chi connectivity index (χ1) is 12.3. The molecule has 0 spiro atoms. The van der Waals surface area contributed by atoms with Gasteiger partial charge in [0.15, 0.2) is 6.10 Å². The first-order valence-corrected chi connectivity index (χ1v) is 8.08. The number of nitrogens with one attached hydrogen (secondary N) is 1. The Hall–Kier alpha value is -3.00. The number of anilines is 1. The Kier molecular flexibility index (Phi) is 6.24. The van der Waals surface area contributed by atoms with Crippen LogP contribution in [0.1, 0.15) is 29.3 Å². The molecular weight excluding hydrogens is 362 g/mol. The zero-order valence-electron chi connectivity index (χ0n) is 14.1. The molecule has 26 heavy (non-hydrogen) atoms. The summed E-state index contributed by atoms with van der Waals surface area (Å²) in [6.07, 6.45) is 0.518. The van der Waals surface area contributed by atoms with Crippen LogP contribution in [0.15, 0.2) is 36.5 Å². The molecule has 8 nitrogen and oxygen atoms in total. The third-order valence-electron chi connectivity index (χ3n) is 3.56. The number of aryl methyl sites for hydroxylation is 1. The molecule has 2 aromatic rings. The second-order valence-electron chi connectivity index (χ2n) is 5.42. The van der Waals surface area contributed by atoms with Crippen LogP contribution in [0.3, 0.4) is 0 Å². The van der Waals surface area contributed by atoms with E-state index in [1.54, 1.807) is 13.8 Å². The summed E-state index contributed by atoms with van der Waals surface area (Å²) in [6, 6.07) is 6.88. The van der Waals surface area contributed by atoms with Crippen LogP contribution >= 0.6 is 11.6 Å².